The van der Waals surface area contributed by atoms with Gasteiger partial charge in [-0.1, -0.05) is 35.9 Å². The minimum Gasteiger partial charge on any atom is -0.507 e. The summed E-state index contributed by atoms with van der Waals surface area (Å²) < 4.78 is 5.54. The van der Waals surface area contributed by atoms with Crippen molar-refractivity contribution in [3.05, 3.63) is 82.4 Å². The molecule has 0 unspecified atom stereocenters. The summed E-state index contributed by atoms with van der Waals surface area (Å²) in [6.45, 7) is 3.72. The molecule has 0 aliphatic carbocycles. The first kappa shape index (κ1) is 22.0. The van der Waals surface area contributed by atoms with Crippen LogP contribution in [0.5, 0.6) is 11.5 Å². The molecule has 7 nitrogen and oxygen atoms in total. The number of benzene rings is 3. The van der Waals surface area contributed by atoms with E-state index < -0.39 is 5.91 Å². The van der Waals surface area contributed by atoms with Gasteiger partial charge in [-0.2, -0.15) is 10.2 Å². The van der Waals surface area contributed by atoms with Crippen molar-refractivity contribution in [1.82, 2.24) is 5.43 Å². The van der Waals surface area contributed by atoms with E-state index in [4.69, 9.17) is 16.3 Å². The third-order valence-corrected chi connectivity index (χ3v) is 4.76. The Labute approximate surface area is 185 Å². The Morgan fingerprint density at radius 3 is 2.71 bits per heavy atom. The molecule has 0 aromatic heterocycles. The number of nitrogens with zero attached hydrogens (tertiary/aromatic N) is 3. The van der Waals surface area contributed by atoms with Crippen LogP contribution in [-0.4, -0.2) is 23.8 Å². The molecule has 0 spiro atoms. The van der Waals surface area contributed by atoms with Crippen molar-refractivity contribution in [3.63, 3.8) is 0 Å². The summed E-state index contributed by atoms with van der Waals surface area (Å²) in [5.41, 5.74) is 5.82. The fourth-order valence-electron chi connectivity index (χ4n) is 2.58. The smallest absolute Gasteiger partial charge is 0.277 e. The normalized spacial score (nSPS) is 11.2. The number of carbonyl (C=O) groups excluding carboxylic acids is 1. The fraction of sp³-hybridized carbons (Fsp3) is 0.130. The molecule has 2 N–H and O–H groups in total. The van der Waals surface area contributed by atoms with E-state index in [0.29, 0.717) is 27.7 Å². The van der Waals surface area contributed by atoms with Gasteiger partial charge in [0.25, 0.3) is 5.91 Å². The van der Waals surface area contributed by atoms with E-state index in [9.17, 15) is 9.90 Å². The maximum atomic E-state index is 12.0. The zero-order valence-corrected chi connectivity index (χ0v) is 17.8. The first-order chi connectivity index (χ1) is 14.9. The zero-order valence-electron chi connectivity index (χ0n) is 17.0. The number of halogens is 1. The number of aryl methyl sites for hydroxylation is 1. The Kier molecular flexibility index (Phi) is 7.35. The fourth-order valence-corrected chi connectivity index (χ4v) is 2.76. The lowest BCUT2D eigenvalue weighted by Crippen LogP contribution is -2.24. The number of carbonyl (C=O) groups is 1. The Bertz CT molecular complexity index is 1150. The van der Waals surface area contributed by atoms with Crippen LogP contribution in [0.15, 0.2) is 76.0 Å². The van der Waals surface area contributed by atoms with Gasteiger partial charge in [-0.15, -0.1) is 5.11 Å². The monoisotopic (exact) mass is 436 g/mol. The number of azo groups is 1. The van der Waals surface area contributed by atoms with Gasteiger partial charge in [0.05, 0.1) is 16.9 Å². The third-order valence-electron chi connectivity index (χ3n) is 4.44. The highest BCUT2D eigenvalue weighted by Gasteiger charge is 2.06. The van der Waals surface area contributed by atoms with Crippen LogP contribution in [0.2, 0.25) is 5.02 Å². The lowest BCUT2D eigenvalue weighted by molar-refractivity contribution is -0.123. The second-order valence-electron chi connectivity index (χ2n) is 6.67. The Hall–Kier alpha value is -3.71. The highest BCUT2D eigenvalue weighted by Crippen LogP contribution is 2.28. The summed E-state index contributed by atoms with van der Waals surface area (Å²) in [5, 5.41) is 22.6. The van der Waals surface area contributed by atoms with E-state index in [1.807, 2.05) is 32.0 Å². The molecule has 0 atom stereocenters. The van der Waals surface area contributed by atoms with E-state index in [-0.39, 0.29) is 12.4 Å². The van der Waals surface area contributed by atoms with E-state index in [2.05, 4.69) is 20.8 Å². The predicted molar refractivity (Wildman–Crippen MR) is 121 cm³/mol. The van der Waals surface area contributed by atoms with Crippen molar-refractivity contribution in [2.24, 2.45) is 15.3 Å². The lowest BCUT2D eigenvalue weighted by atomic mass is 10.1. The summed E-state index contributed by atoms with van der Waals surface area (Å²) >= 11 is 6.06. The molecule has 0 heterocycles. The molecule has 0 radical (unpaired) electrons. The molecule has 0 saturated heterocycles. The molecule has 0 aliphatic heterocycles. The van der Waals surface area contributed by atoms with E-state index >= 15 is 0 Å². The Morgan fingerprint density at radius 2 is 1.90 bits per heavy atom. The van der Waals surface area contributed by atoms with Gasteiger partial charge in [0.15, 0.2) is 6.61 Å². The number of hydrogen-bond acceptors (Lipinski definition) is 6. The van der Waals surface area contributed by atoms with Gasteiger partial charge in [-0.3, -0.25) is 4.79 Å². The summed E-state index contributed by atoms with van der Waals surface area (Å²) in [6.07, 6.45) is 1.32. The minimum atomic E-state index is -0.425. The first-order valence-corrected chi connectivity index (χ1v) is 9.82. The van der Waals surface area contributed by atoms with Gasteiger partial charge in [-0.25, -0.2) is 5.43 Å². The van der Waals surface area contributed by atoms with Crippen molar-refractivity contribution in [1.29, 1.82) is 0 Å². The number of nitrogens with one attached hydrogen (secondary N) is 1. The SMILES string of the molecule is Cc1cccc(OCC(=O)N/N=C/c2cc(N=Nc3ccccc3Cl)ccc2O)c1C. The standard InChI is InChI=1S/C23H21ClN4O3/c1-15-6-5-9-22(16(15)2)31-14-23(30)28-25-13-17-12-18(10-11-21(17)29)26-27-20-8-4-3-7-19(20)24/h3-13,29H,14H2,1-2H3,(H,28,30)/b25-13+,27-26?. The van der Waals surface area contributed by atoms with Crippen LogP contribution in [-0.2, 0) is 4.79 Å². The molecule has 31 heavy (non-hydrogen) atoms. The molecular weight excluding hydrogens is 416 g/mol. The molecule has 3 aromatic rings. The molecule has 3 rings (SSSR count). The van der Waals surface area contributed by atoms with Crippen LogP contribution in [0.25, 0.3) is 0 Å². The number of amides is 1. The van der Waals surface area contributed by atoms with E-state index in [0.717, 1.165) is 11.1 Å². The third kappa shape index (κ3) is 6.13. The molecule has 0 bridgehead atoms. The molecule has 8 heteroatoms. The largest absolute Gasteiger partial charge is 0.507 e. The average molecular weight is 437 g/mol. The minimum absolute atomic E-state index is 0.0127. The highest BCUT2D eigenvalue weighted by atomic mass is 35.5. The second kappa shape index (κ2) is 10.4. The van der Waals surface area contributed by atoms with Gasteiger partial charge in [0, 0.05) is 5.56 Å². The molecule has 0 aliphatic rings. The van der Waals surface area contributed by atoms with Crippen molar-refractivity contribution in [3.8, 4) is 11.5 Å². The second-order valence-corrected chi connectivity index (χ2v) is 7.08. The number of hydrazone groups is 1. The van der Waals surface area contributed by atoms with Crippen molar-refractivity contribution < 1.29 is 14.6 Å². The molecule has 0 saturated carbocycles. The van der Waals surface area contributed by atoms with Crippen molar-refractivity contribution in [2.45, 2.75) is 13.8 Å². The van der Waals surface area contributed by atoms with Gasteiger partial charge in [0.1, 0.15) is 17.2 Å². The van der Waals surface area contributed by atoms with Crippen molar-refractivity contribution >= 4 is 35.1 Å². The Morgan fingerprint density at radius 1 is 1.10 bits per heavy atom. The molecule has 3 aromatic carbocycles. The number of rotatable bonds is 7. The van der Waals surface area contributed by atoms with Gasteiger partial charge < -0.3 is 9.84 Å². The number of hydrogen-bond donors (Lipinski definition) is 2. The molecule has 1 amide bonds. The highest BCUT2D eigenvalue weighted by molar-refractivity contribution is 6.32. The predicted octanol–water partition coefficient (Wildman–Crippen LogP) is 5.61. The van der Waals surface area contributed by atoms with Gasteiger partial charge in [0.2, 0.25) is 0 Å². The topological polar surface area (TPSA) is 95.6 Å². The molecule has 158 valence electrons. The van der Waals surface area contributed by atoms with Crippen LogP contribution < -0.4 is 10.2 Å². The summed E-state index contributed by atoms with van der Waals surface area (Å²) in [4.78, 5) is 12.0. The number of aromatic hydroxyl groups is 1. The Balaban J connectivity index is 1.60. The van der Waals surface area contributed by atoms with Gasteiger partial charge in [-0.05, 0) is 61.4 Å². The first-order valence-electron chi connectivity index (χ1n) is 9.44. The zero-order chi connectivity index (χ0) is 22.2. The summed E-state index contributed by atoms with van der Waals surface area (Å²) in [7, 11) is 0. The number of phenols is 1. The summed E-state index contributed by atoms with van der Waals surface area (Å²) in [6, 6.07) is 17.4. The van der Waals surface area contributed by atoms with Crippen LogP contribution in [0.1, 0.15) is 16.7 Å². The van der Waals surface area contributed by atoms with Crippen LogP contribution in [0.4, 0.5) is 11.4 Å². The quantitative estimate of drug-likeness (QED) is 0.286. The van der Waals surface area contributed by atoms with Crippen LogP contribution in [0, 0.1) is 13.8 Å². The van der Waals surface area contributed by atoms with E-state index in [1.165, 1.54) is 12.3 Å². The summed E-state index contributed by atoms with van der Waals surface area (Å²) in [5.74, 6) is 0.209. The molecular formula is C23H21ClN4O3. The average Bonchev–Trinajstić information content (AvgIpc) is 2.76. The van der Waals surface area contributed by atoms with E-state index in [1.54, 1.807) is 36.4 Å². The van der Waals surface area contributed by atoms with Crippen molar-refractivity contribution in [2.75, 3.05) is 6.61 Å². The number of ether oxygens (including phenoxy) is 1. The van der Waals surface area contributed by atoms with Crippen LogP contribution >= 0.6 is 11.6 Å². The lowest BCUT2D eigenvalue weighted by Gasteiger charge is -2.09. The number of phenolic OH excluding ortho intramolecular Hbond substituents is 1. The maximum Gasteiger partial charge on any atom is 0.277 e. The van der Waals surface area contributed by atoms with Gasteiger partial charge >= 0.3 is 0 Å². The van der Waals surface area contributed by atoms with Crippen LogP contribution in [0.3, 0.4) is 0 Å². The molecule has 0 fully saturated rings. The maximum absolute atomic E-state index is 12.0.